The molecule has 0 unspecified atom stereocenters. The minimum absolute atomic E-state index is 0.119. The van der Waals surface area contributed by atoms with Gasteiger partial charge in [0.15, 0.2) is 0 Å². The number of hydrogen-bond donors (Lipinski definition) is 0. The van der Waals surface area contributed by atoms with Crippen molar-refractivity contribution < 1.29 is 14.3 Å². The number of carbonyl (C=O) groups excluding carboxylic acids is 1. The van der Waals surface area contributed by atoms with Gasteiger partial charge in [-0.2, -0.15) is 0 Å². The van der Waals surface area contributed by atoms with Gasteiger partial charge < -0.3 is 14.4 Å². The zero-order valence-electron chi connectivity index (χ0n) is 18.0. The molecule has 4 rings (SSSR count). The first-order valence-electron chi connectivity index (χ1n) is 11.1. The Morgan fingerprint density at radius 2 is 1.53 bits per heavy atom. The maximum atomic E-state index is 12.9. The Morgan fingerprint density at radius 1 is 0.933 bits per heavy atom. The van der Waals surface area contributed by atoms with Crippen molar-refractivity contribution in [1.29, 1.82) is 0 Å². The molecule has 5 heteroatoms. The van der Waals surface area contributed by atoms with Crippen LogP contribution in [-0.4, -0.2) is 60.6 Å². The standard InChI is InChI=1S/C25H32N2O3/c1-19-16-26(17-20(2)29-19)18-21-12-14-27(15-13-21)25(28)22-8-10-24(11-9-22)30-23-6-4-3-5-7-23/h3-11,19-21H,12-18H2,1-2H3/t19-,20-/m0/s1. The second-order valence-electron chi connectivity index (χ2n) is 8.65. The molecule has 2 aliphatic heterocycles. The second-order valence-corrected chi connectivity index (χ2v) is 8.65. The summed E-state index contributed by atoms with van der Waals surface area (Å²) in [5, 5.41) is 0. The normalized spacial score (nSPS) is 23.3. The number of nitrogens with zero attached hydrogens (tertiary/aromatic N) is 2. The third-order valence-corrected chi connectivity index (χ3v) is 5.99. The van der Waals surface area contributed by atoms with Crippen LogP contribution in [0, 0.1) is 5.92 Å². The molecule has 2 aromatic rings. The van der Waals surface area contributed by atoms with E-state index in [1.807, 2.05) is 59.5 Å². The summed E-state index contributed by atoms with van der Waals surface area (Å²) in [4.78, 5) is 17.4. The Balaban J connectivity index is 1.27. The van der Waals surface area contributed by atoms with Crippen molar-refractivity contribution in [3.63, 3.8) is 0 Å². The molecular weight excluding hydrogens is 376 g/mol. The monoisotopic (exact) mass is 408 g/mol. The van der Waals surface area contributed by atoms with E-state index in [1.54, 1.807) is 0 Å². The molecule has 30 heavy (non-hydrogen) atoms. The Labute approximate surface area is 179 Å². The topological polar surface area (TPSA) is 42.0 Å². The number of carbonyl (C=O) groups is 1. The van der Waals surface area contributed by atoms with Crippen LogP contribution in [-0.2, 0) is 4.74 Å². The van der Waals surface area contributed by atoms with Crippen LogP contribution in [0.2, 0.25) is 0 Å². The average molecular weight is 409 g/mol. The molecule has 1 amide bonds. The zero-order valence-corrected chi connectivity index (χ0v) is 18.0. The number of likely N-dealkylation sites (tertiary alicyclic amines) is 1. The molecule has 2 atom stereocenters. The highest BCUT2D eigenvalue weighted by Gasteiger charge is 2.28. The molecule has 160 valence electrons. The van der Waals surface area contributed by atoms with Gasteiger partial charge in [0.1, 0.15) is 11.5 Å². The highest BCUT2D eigenvalue weighted by Crippen LogP contribution is 2.24. The number of hydrogen-bond acceptors (Lipinski definition) is 4. The number of rotatable bonds is 5. The summed E-state index contributed by atoms with van der Waals surface area (Å²) in [5.41, 5.74) is 0.727. The number of amides is 1. The minimum Gasteiger partial charge on any atom is -0.457 e. The summed E-state index contributed by atoms with van der Waals surface area (Å²) in [6, 6.07) is 17.1. The molecule has 2 aromatic carbocycles. The van der Waals surface area contributed by atoms with Crippen LogP contribution in [0.4, 0.5) is 0 Å². The van der Waals surface area contributed by atoms with Gasteiger partial charge in [-0.3, -0.25) is 9.69 Å². The van der Waals surface area contributed by atoms with E-state index in [9.17, 15) is 4.79 Å². The molecular formula is C25H32N2O3. The summed E-state index contributed by atoms with van der Waals surface area (Å²) in [5.74, 6) is 2.31. The Hall–Kier alpha value is -2.37. The van der Waals surface area contributed by atoms with E-state index in [2.05, 4.69) is 18.7 Å². The molecule has 2 aliphatic rings. The molecule has 2 heterocycles. The summed E-state index contributed by atoms with van der Waals surface area (Å²) >= 11 is 0. The van der Waals surface area contributed by atoms with Gasteiger partial charge in [-0.25, -0.2) is 0 Å². The predicted octanol–water partition coefficient (Wildman–Crippen LogP) is 4.44. The van der Waals surface area contributed by atoms with Crippen molar-refractivity contribution in [2.75, 3.05) is 32.7 Å². The fourth-order valence-electron chi connectivity index (χ4n) is 4.59. The quantitative estimate of drug-likeness (QED) is 0.734. The van der Waals surface area contributed by atoms with Gasteiger partial charge in [0, 0.05) is 38.3 Å². The van der Waals surface area contributed by atoms with Crippen molar-refractivity contribution in [2.24, 2.45) is 5.92 Å². The van der Waals surface area contributed by atoms with Gasteiger partial charge in [0.2, 0.25) is 0 Å². The Kier molecular flexibility index (Phi) is 6.70. The Bertz CT molecular complexity index is 806. The van der Waals surface area contributed by atoms with Crippen LogP contribution >= 0.6 is 0 Å². The molecule has 0 spiro atoms. The maximum Gasteiger partial charge on any atom is 0.253 e. The molecule has 0 saturated carbocycles. The van der Waals surface area contributed by atoms with Crippen molar-refractivity contribution in [1.82, 2.24) is 9.80 Å². The first-order chi connectivity index (χ1) is 14.6. The van der Waals surface area contributed by atoms with E-state index in [0.717, 1.165) is 62.6 Å². The van der Waals surface area contributed by atoms with E-state index >= 15 is 0 Å². The Morgan fingerprint density at radius 3 is 2.17 bits per heavy atom. The maximum absolute atomic E-state index is 12.9. The van der Waals surface area contributed by atoms with Crippen LogP contribution in [0.15, 0.2) is 54.6 Å². The van der Waals surface area contributed by atoms with E-state index in [1.165, 1.54) is 0 Å². The van der Waals surface area contributed by atoms with E-state index in [0.29, 0.717) is 18.1 Å². The van der Waals surface area contributed by atoms with E-state index in [-0.39, 0.29) is 5.91 Å². The number of morpholine rings is 1. The lowest BCUT2D eigenvalue weighted by Crippen LogP contribution is -2.48. The minimum atomic E-state index is 0.119. The number of ether oxygens (including phenoxy) is 2. The van der Waals surface area contributed by atoms with Crippen LogP contribution in [0.25, 0.3) is 0 Å². The van der Waals surface area contributed by atoms with Crippen molar-refractivity contribution >= 4 is 5.91 Å². The lowest BCUT2D eigenvalue weighted by atomic mass is 9.95. The van der Waals surface area contributed by atoms with Gasteiger partial charge in [-0.05, 0) is 69.0 Å². The third-order valence-electron chi connectivity index (χ3n) is 5.99. The SMILES string of the molecule is C[C@H]1CN(CC2CCN(C(=O)c3ccc(Oc4ccccc4)cc3)CC2)C[C@H](C)O1. The first kappa shape index (κ1) is 20.9. The molecule has 2 fully saturated rings. The number of para-hydroxylation sites is 1. The molecule has 0 bridgehead atoms. The van der Waals surface area contributed by atoms with Crippen molar-refractivity contribution in [3.05, 3.63) is 60.2 Å². The highest BCUT2D eigenvalue weighted by molar-refractivity contribution is 5.94. The van der Waals surface area contributed by atoms with Gasteiger partial charge in [-0.15, -0.1) is 0 Å². The van der Waals surface area contributed by atoms with Crippen molar-refractivity contribution in [2.45, 2.75) is 38.9 Å². The lowest BCUT2D eigenvalue weighted by Gasteiger charge is -2.39. The molecule has 5 nitrogen and oxygen atoms in total. The van der Waals surface area contributed by atoms with Gasteiger partial charge in [0.25, 0.3) is 5.91 Å². The van der Waals surface area contributed by atoms with Gasteiger partial charge >= 0.3 is 0 Å². The van der Waals surface area contributed by atoms with Crippen LogP contribution in [0.5, 0.6) is 11.5 Å². The number of benzene rings is 2. The average Bonchev–Trinajstić information content (AvgIpc) is 2.74. The van der Waals surface area contributed by atoms with E-state index < -0.39 is 0 Å². The summed E-state index contributed by atoms with van der Waals surface area (Å²) in [6.07, 6.45) is 2.76. The van der Waals surface area contributed by atoms with E-state index in [4.69, 9.17) is 9.47 Å². The van der Waals surface area contributed by atoms with Crippen LogP contribution in [0.3, 0.4) is 0 Å². The van der Waals surface area contributed by atoms with Crippen LogP contribution < -0.4 is 4.74 Å². The summed E-state index contributed by atoms with van der Waals surface area (Å²) in [7, 11) is 0. The highest BCUT2D eigenvalue weighted by atomic mass is 16.5. The molecule has 0 aliphatic carbocycles. The third kappa shape index (κ3) is 5.41. The predicted molar refractivity (Wildman–Crippen MR) is 118 cm³/mol. The summed E-state index contributed by atoms with van der Waals surface area (Å²) < 4.78 is 11.7. The van der Waals surface area contributed by atoms with Crippen LogP contribution in [0.1, 0.15) is 37.0 Å². The second kappa shape index (κ2) is 9.63. The lowest BCUT2D eigenvalue weighted by molar-refractivity contribution is -0.0728. The smallest absolute Gasteiger partial charge is 0.253 e. The molecule has 2 saturated heterocycles. The molecule has 0 radical (unpaired) electrons. The van der Waals surface area contributed by atoms with Gasteiger partial charge in [-0.1, -0.05) is 18.2 Å². The fourth-order valence-corrected chi connectivity index (χ4v) is 4.59. The summed E-state index contributed by atoms with van der Waals surface area (Å²) in [6.45, 7) is 9.12. The van der Waals surface area contributed by atoms with Gasteiger partial charge in [0.05, 0.1) is 12.2 Å². The number of piperidine rings is 1. The zero-order chi connectivity index (χ0) is 20.9. The fraction of sp³-hybridized carbons (Fsp3) is 0.480. The molecule has 0 N–H and O–H groups in total. The molecule has 0 aromatic heterocycles. The van der Waals surface area contributed by atoms with Crippen molar-refractivity contribution in [3.8, 4) is 11.5 Å². The first-order valence-corrected chi connectivity index (χ1v) is 11.1. The largest absolute Gasteiger partial charge is 0.457 e.